The van der Waals surface area contributed by atoms with Crippen molar-refractivity contribution in [1.82, 2.24) is 5.32 Å². The number of amides is 2. The van der Waals surface area contributed by atoms with Gasteiger partial charge in [-0.25, -0.2) is 4.39 Å². The van der Waals surface area contributed by atoms with Crippen LogP contribution in [0.2, 0.25) is 0 Å². The van der Waals surface area contributed by atoms with Crippen molar-refractivity contribution in [1.29, 1.82) is 0 Å². The molecule has 0 atom stereocenters. The zero-order chi connectivity index (χ0) is 25.3. The Hall–Kier alpha value is -2.94. The van der Waals surface area contributed by atoms with Gasteiger partial charge in [-0.1, -0.05) is 18.2 Å². The molecule has 0 aliphatic heterocycles. The maximum atomic E-state index is 14.7. The molecule has 2 N–H and O–H groups in total. The summed E-state index contributed by atoms with van der Waals surface area (Å²) >= 11 is 0. The molecule has 0 aromatic heterocycles. The van der Waals surface area contributed by atoms with Crippen LogP contribution < -0.4 is 10.2 Å². The fourth-order valence-corrected chi connectivity index (χ4v) is 3.94. The molecule has 0 bridgehead atoms. The first kappa shape index (κ1) is 25.7. The Kier molecular flexibility index (Phi) is 7.35. The highest BCUT2D eigenvalue weighted by Gasteiger charge is 2.44. The van der Waals surface area contributed by atoms with Gasteiger partial charge in [0.05, 0.1) is 16.9 Å². The van der Waals surface area contributed by atoms with Crippen LogP contribution in [-0.4, -0.2) is 29.1 Å². The van der Waals surface area contributed by atoms with Crippen LogP contribution in [-0.2, 0) is 22.3 Å². The van der Waals surface area contributed by atoms with E-state index in [2.05, 4.69) is 5.32 Å². The zero-order valence-electron chi connectivity index (χ0n) is 19.2. The van der Waals surface area contributed by atoms with Crippen molar-refractivity contribution in [3.8, 4) is 0 Å². The van der Waals surface area contributed by atoms with Crippen molar-refractivity contribution in [3.63, 3.8) is 0 Å². The number of nitrogens with zero attached hydrogens (tertiary/aromatic N) is 1. The number of hydrogen-bond donors (Lipinski definition) is 2. The fraction of sp³-hybridized carbons (Fsp3) is 0.440. The molecule has 0 radical (unpaired) electrons. The minimum atomic E-state index is -4.45. The summed E-state index contributed by atoms with van der Waals surface area (Å²) in [4.78, 5) is 26.9. The van der Waals surface area contributed by atoms with Gasteiger partial charge in [0.2, 0.25) is 11.8 Å². The Morgan fingerprint density at radius 1 is 1.09 bits per heavy atom. The van der Waals surface area contributed by atoms with Gasteiger partial charge < -0.3 is 10.4 Å². The molecule has 34 heavy (non-hydrogen) atoms. The maximum Gasteiger partial charge on any atom is 0.416 e. The van der Waals surface area contributed by atoms with Crippen LogP contribution in [0.4, 0.5) is 23.2 Å². The van der Waals surface area contributed by atoms with Gasteiger partial charge in [0.25, 0.3) is 0 Å². The molecule has 1 fully saturated rings. The van der Waals surface area contributed by atoms with Gasteiger partial charge in [0.15, 0.2) is 0 Å². The Morgan fingerprint density at radius 3 is 2.24 bits per heavy atom. The molecule has 0 saturated heterocycles. The number of alkyl halides is 3. The van der Waals surface area contributed by atoms with E-state index >= 15 is 0 Å². The summed E-state index contributed by atoms with van der Waals surface area (Å²) < 4.78 is 52.8. The third-order valence-electron chi connectivity index (χ3n) is 6.22. The van der Waals surface area contributed by atoms with Crippen molar-refractivity contribution in [2.75, 3.05) is 11.4 Å². The van der Waals surface area contributed by atoms with Gasteiger partial charge in [0.1, 0.15) is 12.4 Å². The Bertz CT molecular complexity index is 1040. The molecule has 2 aromatic carbocycles. The lowest BCUT2D eigenvalue weighted by Crippen LogP contribution is -2.50. The van der Waals surface area contributed by atoms with Crippen molar-refractivity contribution < 1.29 is 32.3 Å². The predicted molar refractivity (Wildman–Crippen MR) is 119 cm³/mol. The molecule has 1 aliphatic rings. The molecule has 0 spiro atoms. The van der Waals surface area contributed by atoms with Crippen LogP contribution >= 0.6 is 0 Å². The summed E-state index contributed by atoms with van der Waals surface area (Å²) in [7, 11) is 0. The zero-order valence-corrected chi connectivity index (χ0v) is 19.2. The smallest absolute Gasteiger partial charge is 0.390 e. The Labute approximate surface area is 195 Å². The summed E-state index contributed by atoms with van der Waals surface area (Å²) in [6.07, 6.45) is -3.59. The van der Waals surface area contributed by atoms with Crippen LogP contribution in [0.5, 0.6) is 0 Å². The molecule has 9 heteroatoms. The van der Waals surface area contributed by atoms with Crippen molar-refractivity contribution in [2.24, 2.45) is 11.8 Å². The van der Waals surface area contributed by atoms with Crippen molar-refractivity contribution in [3.05, 3.63) is 65.0 Å². The largest absolute Gasteiger partial charge is 0.416 e. The minimum absolute atomic E-state index is 0.0213. The Morgan fingerprint density at radius 2 is 1.71 bits per heavy atom. The average molecular weight is 481 g/mol. The van der Waals surface area contributed by atoms with Crippen LogP contribution in [0.1, 0.15) is 43.4 Å². The van der Waals surface area contributed by atoms with Crippen molar-refractivity contribution >= 4 is 17.5 Å². The summed E-state index contributed by atoms with van der Waals surface area (Å²) in [6.45, 7) is 4.56. The van der Waals surface area contributed by atoms with Gasteiger partial charge in [-0.05, 0) is 74.9 Å². The molecule has 1 aliphatic carbocycles. The lowest BCUT2D eigenvalue weighted by Gasteiger charge is -2.43. The standard InChI is InChI=1S/C25H28F4N2O3/c1-15-4-9-21(20(26)10-15)31(23(33)17-11-19(12-17)24(2,3)34)14-22(32)30-13-16-5-7-18(8-6-16)25(27,28)29/h4-10,17,19,34H,11-14H2,1-3H3,(H,30,32). The first-order valence-electron chi connectivity index (χ1n) is 11.0. The number of carbonyl (C=O) groups is 2. The number of anilines is 1. The van der Waals surface area contributed by atoms with Gasteiger partial charge in [-0.2, -0.15) is 13.2 Å². The number of halogens is 4. The molecular formula is C25H28F4N2O3. The van der Waals surface area contributed by atoms with Crippen LogP contribution in [0, 0.1) is 24.6 Å². The second kappa shape index (κ2) is 9.74. The molecule has 0 heterocycles. The van der Waals surface area contributed by atoms with Crippen molar-refractivity contribution in [2.45, 2.75) is 51.9 Å². The SMILES string of the molecule is Cc1ccc(N(CC(=O)NCc2ccc(C(F)(F)F)cc2)C(=O)C2CC(C(C)(C)O)C2)c(F)c1. The highest BCUT2D eigenvalue weighted by molar-refractivity contribution is 6.00. The molecule has 5 nitrogen and oxygen atoms in total. The first-order chi connectivity index (χ1) is 15.8. The van der Waals surface area contributed by atoms with Gasteiger partial charge in [0, 0.05) is 12.5 Å². The number of carbonyl (C=O) groups excluding carboxylic acids is 2. The average Bonchev–Trinajstić information content (AvgIpc) is 2.68. The lowest BCUT2D eigenvalue weighted by atomic mass is 9.67. The van der Waals surface area contributed by atoms with Gasteiger partial charge >= 0.3 is 6.18 Å². The third kappa shape index (κ3) is 6.14. The lowest BCUT2D eigenvalue weighted by molar-refractivity contribution is -0.137. The monoisotopic (exact) mass is 480 g/mol. The van der Waals surface area contributed by atoms with Crippen LogP contribution in [0.3, 0.4) is 0 Å². The predicted octanol–water partition coefficient (Wildman–Crippen LogP) is 4.60. The van der Waals surface area contributed by atoms with E-state index < -0.39 is 47.4 Å². The quantitative estimate of drug-likeness (QED) is 0.569. The normalized spacial score (nSPS) is 18.2. The highest BCUT2D eigenvalue weighted by atomic mass is 19.4. The number of nitrogens with one attached hydrogen (secondary N) is 1. The van der Waals surface area contributed by atoms with Gasteiger partial charge in [-0.15, -0.1) is 0 Å². The number of benzene rings is 2. The van der Waals surface area contributed by atoms with E-state index in [0.29, 0.717) is 24.0 Å². The Balaban J connectivity index is 1.70. The van der Waals surface area contributed by atoms with Gasteiger partial charge in [-0.3, -0.25) is 14.5 Å². The van der Waals surface area contributed by atoms with E-state index in [1.807, 2.05) is 0 Å². The molecule has 2 aromatic rings. The van der Waals surface area contributed by atoms with Crippen LogP contribution in [0.25, 0.3) is 0 Å². The highest BCUT2D eigenvalue weighted by Crippen LogP contribution is 2.42. The summed E-state index contributed by atoms with van der Waals surface area (Å²) in [5, 5.41) is 12.7. The van der Waals surface area contributed by atoms with E-state index in [1.54, 1.807) is 26.8 Å². The topological polar surface area (TPSA) is 69.6 Å². The number of aryl methyl sites for hydroxylation is 1. The number of hydrogen-bond acceptors (Lipinski definition) is 3. The molecule has 0 unspecified atom stereocenters. The fourth-order valence-electron chi connectivity index (χ4n) is 3.94. The van der Waals surface area contributed by atoms with E-state index in [4.69, 9.17) is 0 Å². The molecule has 1 saturated carbocycles. The summed E-state index contributed by atoms with van der Waals surface area (Å²) in [5.74, 6) is -2.14. The molecule has 2 amide bonds. The second-order valence-corrected chi connectivity index (χ2v) is 9.37. The first-order valence-corrected chi connectivity index (χ1v) is 11.0. The van der Waals surface area contributed by atoms with E-state index in [-0.39, 0.29) is 18.2 Å². The molecule has 184 valence electrons. The van der Waals surface area contributed by atoms with E-state index in [0.717, 1.165) is 17.0 Å². The van der Waals surface area contributed by atoms with E-state index in [1.165, 1.54) is 24.3 Å². The second-order valence-electron chi connectivity index (χ2n) is 9.37. The third-order valence-corrected chi connectivity index (χ3v) is 6.22. The maximum absolute atomic E-state index is 14.7. The van der Waals surface area contributed by atoms with Crippen LogP contribution in [0.15, 0.2) is 42.5 Å². The molecule has 3 rings (SSSR count). The minimum Gasteiger partial charge on any atom is -0.390 e. The number of rotatable bonds is 7. The molecular weight excluding hydrogens is 452 g/mol. The number of aliphatic hydroxyl groups is 1. The summed E-state index contributed by atoms with van der Waals surface area (Å²) in [5.41, 5.74) is -0.639. The summed E-state index contributed by atoms with van der Waals surface area (Å²) in [6, 6.07) is 8.73. The van der Waals surface area contributed by atoms with E-state index in [9.17, 15) is 32.3 Å².